The Balaban J connectivity index is 1.77. The minimum atomic E-state index is -0.544. The number of rotatable bonds is 8. The maximum Gasteiger partial charge on any atom is 0.260 e. The van der Waals surface area contributed by atoms with Crippen LogP contribution in [0.2, 0.25) is 0 Å². The van der Waals surface area contributed by atoms with Crippen molar-refractivity contribution >= 4 is 5.91 Å². The average molecular weight is 327 g/mol. The van der Waals surface area contributed by atoms with Crippen molar-refractivity contribution in [1.82, 2.24) is 5.32 Å². The summed E-state index contributed by atoms with van der Waals surface area (Å²) in [6, 6.07) is 17.6. The first-order valence-corrected chi connectivity index (χ1v) is 8.23. The van der Waals surface area contributed by atoms with Gasteiger partial charge in [-0.2, -0.15) is 0 Å². The molecule has 1 amide bonds. The topological polar surface area (TPSA) is 47.6 Å². The lowest BCUT2D eigenvalue weighted by atomic mass is 10.1. The number of methoxy groups -OCH3 is 1. The molecular weight excluding hydrogens is 302 g/mol. The van der Waals surface area contributed by atoms with Crippen LogP contribution in [0.5, 0.6) is 11.5 Å². The molecule has 0 saturated heterocycles. The Morgan fingerprint density at radius 3 is 2.25 bits per heavy atom. The van der Waals surface area contributed by atoms with Gasteiger partial charge in [-0.25, -0.2) is 0 Å². The number of benzene rings is 2. The van der Waals surface area contributed by atoms with E-state index in [1.165, 1.54) is 5.56 Å². The Bertz CT molecular complexity index is 625. The molecule has 0 bridgehead atoms. The maximum absolute atomic E-state index is 12.2. The summed E-state index contributed by atoms with van der Waals surface area (Å²) in [4.78, 5) is 12.2. The fourth-order valence-corrected chi connectivity index (χ4v) is 2.37. The van der Waals surface area contributed by atoms with E-state index in [0.717, 1.165) is 18.6 Å². The molecule has 0 spiro atoms. The van der Waals surface area contributed by atoms with Gasteiger partial charge in [-0.05, 0) is 56.5 Å². The number of carbonyl (C=O) groups excluding carboxylic acids is 1. The van der Waals surface area contributed by atoms with Gasteiger partial charge in [-0.1, -0.05) is 30.3 Å². The first-order chi connectivity index (χ1) is 11.6. The zero-order valence-corrected chi connectivity index (χ0v) is 14.5. The summed E-state index contributed by atoms with van der Waals surface area (Å²) in [5, 5.41) is 3.00. The van der Waals surface area contributed by atoms with E-state index < -0.39 is 6.10 Å². The number of nitrogens with one attached hydrogen (secondary N) is 1. The van der Waals surface area contributed by atoms with E-state index in [9.17, 15) is 4.79 Å². The summed E-state index contributed by atoms with van der Waals surface area (Å²) in [5.41, 5.74) is 1.28. The fraction of sp³-hybridized carbons (Fsp3) is 0.350. The SMILES string of the molecule is COc1ccc(O[C@@H](C)C(=O)N[C@H](C)CCc2ccccc2)cc1. The van der Waals surface area contributed by atoms with Gasteiger partial charge in [0.1, 0.15) is 11.5 Å². The van der Waals surface area contributed by atoms with Crippen LogP contribution in [-0.2, 0) is 11.2 Å². The number of hydrogen-bond acceptors (Lipinski definition) is 3. The zero-order valence-electron chi connectivity index (χ0n) is 14.5. The number of amides is 1. The molecule has 24 heavy (non-hydrogen) atoms. The second-order valence-electron chi connectivity index (χ2n) is 5.87. The van der Waals surface area contributed by atoms with Gasteiger partial charge in [0, 0.05) is 6.04 Å². The highest BCUT2D eigenvalue weighted by Crippen LogP contribution is 2.18. The molecule has 0 aromatic heterocycles. The summed E-state index contributed by atoms with van der Waals surface area (Å²) in [6.45, 7) is 3.77. The third kappa shape index (κ3) is 5.61. The highest BCUT2D eigenvalue weighted by molar-refractivity contribution is 5.80. The summed E-state index contributed by atoms with van der Waals surface area (Å²) < 4.78 is 10.8. The molecular formula is C20H25NO3. The van der Waals surface area contributed by atoms with Crippen LogP contribution in [0.3, 0.4) is 0 Å². The van der Waals surface area contributed by atoms with Crippen molar-refractivity contribution in [2.24, 2.45) is 0 Å². The Morgan fingerprint density at radius 2 is 1.62 bits per heavy atom. The molecule has 0 fully saturated rings. The smallest absolute Gasteiger partial charge is 0.260 e. The third-order valence-electron chi connectivity index (χ3n) is 3.84. The van der Waals surface area contributed by atoms with E-state index in [-0.39, 0.29) is 11.9 Å². The van der Waals surface area contributed by atoms with Crippen molar-refractivity contribution in [3.63, 3.8) is 0 Å². The van der Waals surface area contributed by atoms with Crippen LogP contribution in [0.15, 0.2) is 54.6 Å². The maximum atomic E-state index is 12.2. The Kier molecular flexibility index (Phi) is 6.67. The van der Waals surface area contributed by atoms with Crippen LogP contribution in [0, 0.1) is 0 Å². The van der Waals surface area contributed by atoms with Crippen molar-refractivity contribution < 1.29 is 14.3 Å². The average Bonchev–Trinajstić information content (AvgIpc) is 2.61. The van der Waals surface area contributed by atoms with Gasteiger partial charge in [0.15, 0.2) is 6.10 Å². The van der Waals surface area contributed by atoms with Crippen molar-refractivity contribution in [3.8, 4) is 11.5 Å². The highest BCUT2D eigenvalue weighted by atomic mass is 16.5. The summed E-state index contributed by atoms with van der Waals surface area (Å²) in [6.07, 6.45) is 1.29. The standard InChI is InChI=1S/C20H25NO3/c1-15(9-10-17-7-5-4-6-8-17)21-20(22)16(2)24-19-13-11-18(23-3)12-14-19/h4-8,11-16H,9-10H2,1-3H3,(H,21,22)/t15-,16+/m1/s1. The molecule has 2 aromatic carbocycles. The summed E-state index contributed by atoms with van der Waals surface area (Å²) >= 11 is 0. The van der Waals surface area contributed by atoms with Crippen LogP contribution < -0.4 is 14.8 Å². The van der Waals surface area contributed by atoms with Crippen molar-refractivity contribution in [2.45, 2.75) is 38.8 Å². The van der Waals surface area contributed by atoms with Crippen LogP contribution >= 0.6 is 0 Å². The second-order valence-corrected chi connectivity index (χ2v) is 5.87. The van der Waals surface area contributed by atoms with E-state index in [4.69, 9.17) is 9.47 Å². The molecule has 0 heterocycles. The molecule has 0 saturated carbocycles. The van der Waals surface area contributed by atoms with Gasteiger partial charge in [-0.3, -0.25) is 4.79 Å². The molecule has 0 radical (unpaired) electrons. The van der Waals surface area contributed by atoms with Crippen LogP contribution in [0.25, 0.3) is 0 Å². The quantitative estimate of drug-likeness (QED) is 0.806. The van der Waals surface area contributed by atoms with Crippen molar-refractivity contribution in [1.29, 1.82) is 0 Å². The van der Waals surface area contributed by atoms with E-state index in [1.807, 2.05) is 37.3 Å². The third-order valence-corrected chi connectivity index (χ3v) is 3.84. The normalized spacial score (nSPS) is 13.0. The monoisotopic (exact) mass is 327 g/mol. The Hall–Kier alpha value is -2.49. The molecule has 0 aliphatic heterocycles. The van der Waals surface area contributed by atoms with E-state index in [2.05, 4.69) is 17.4 Å². The van der Waals surface area contributed by atoms with Gasteiger partial charge in [0.2, 0.25) is 0 Å². The molecule has 0 aliphatic carbocycles. The van der Waals surface area contributed by atoms with Crippen LogP contribution in [0.4, 0.5) is 0 Å². The molecule has 1 N–H and O–H groups in total. The van der Waals surface area contributed by atoms with Gasteiger partial charge < -0.3 is 14.8 Å². The van der Waals surface area contributed by atoms with Gasteiger partial charge in [-0.15, -0.1) is 0 Å². The van der Waals surface area contributed by atoms with E-state index in [0.29, 0.717) is 5.75 Å². The van der Waals surface area contributed by atoms with E-state index in [1.54, 1.807) is 26.2 Å². The van der Waals surface area contributed by atoms with Crippen molar-refractivity contribution in [3.05, 3.63) is 60.2 Å². The predicted octanol–water partition coefficient (Wildman–Crippen LogP) is 3.60. The number of ether oxygens (including phenoxy) is 2. The van der Waals surface area contributed by atoms with Gasteiger partial charge in [0.05, 0.1) is 7.11 Å². The first kappa shape index (κ1) is 17.9. The minimum absolute atomic E-state index is 0.0969. The predicted molar refractivity (Wildman–Crippen MR) is 95.5 cm³/mol. The van der Waals surface area contributed by atoms with E-state index >= 15 is 0 Å². The number of carbonyl (C=O) groups is 1. The lowest BCUT2D eigenvalue weighted by Crippen LogP contribution is -2.41. The molecule has 4 heteroatoms. The lowest BCUT2D eigenvalue weighted by molar-refractivity contribution is -0.127. The second kappa shape index (κ2) is 8.96. The first-order valence-electron chi connectivity index (χ1n) is 8.23. The molecule has 4 nitrogen and oxygen atoms in total. The van der Waals surface area contributed by atoms with Gasteiger partial charge in [0.25, 0.3) is 5.91 Å². The summed E-state index contributed by atoms with van der Waals surface area (Å²) in [5.74, 6) is 1.30. The van der Waals surface area contributed by atoms with Crippen LogP contribution in [0.1, 0.15) is 25.8 Å². The lowest BCUT2D eigenvalue weighted by Gasteiger charge is -2.19. The Morgan fingerprint density at radius 1 is 1.00 bits per heavy atom. The Labute approximate surface area is 143 Å². The number of hydrogen-bond donors (Lipinski definition) is 1. The fourth-order valence-electron chi connectivity index (χ4n) is 2.37. The molecule has 2 atom stereocenters. The number of aryl methyl sites for hydroxylation is 1. The van der Waals surface area contributed by atoms with Gasteiger partial charge >= 0.3 is 0 Å². The minimum Gasteiger partial charge on any atom is -0.497 e. The molecule has 0 unspecified atom stereocenters. The molecule has 128 valence electrons. The zero-order chi connectivity index (χ0) is 17.4. The molecule has 2 aromatic rings. The van der Waals surface area contributed by atoms with Crippen LogP contribution in [-0.4, -0.2) is 25.2 Å². The molecule has 0 aliphatic rings. The van der Waals surface area contributed by atoms with Crippen molar-refractivity contribution in [2.75, 3.05) is 7.11 Å². The largest absolute Gasteiger partial charge is 0.497 e. The summed E-state index contributed by atoms with van der Waals surface area (Å²) in [7, 11) is 1.61. The highest BCUT2D eigenvalue weighted by Gasteiger charge is 2.16. The molecule has 2 rings (SSSR count).